The standard InChI is InChI=1S/C44H40BN3/c1-29-24-31(3)43(32(4)25-29)45(44-33(5)26-30(2)27-34(44)6)39-20-21-41(38-18-11-10-17-37(38)39)48(42-22-23-46-28-47-42)40-19-13-12-16-36(40)35-14-8-7-9-15-35/h7-28H,1-6H3. The summed E-state index contributed by atoms with van der Waals surface area (Å²) in [4.78, 5) is 11.4. The number of hydrogen-bond donors (Lipinski definition) is 0. The minimum atomic E-state index is 0.0641. The Balaban J connectivity index is 1.53. The fourth-order valence-corrected chi connectivity index (χ4v) is 7.82. The van der Waals surface area contributed by atoms with E-state index in [-0.39, 0.29) is 6.71 Å². The summed E-state index contributed by atoms with van der Waals surface area (Å²) in [6.45, 7) is 13.5. The highest BCUT2D eigenvalue weighted by molar-refractivity contribution is 6.98. The molecular formula is C44H40BN3. The predicted molar refractivity (Wildman–Crippen MR) is 206 cm³/mol. The maximum atomic E-state index is 4.80. The molecule has 234 valence electrons. The van der Waals surface area contributed by atoms with E-state index in [0.29, 0.717) is 0 Å². The van der Waals surface area contributed by atoms with Crippen LogP contribution in [0.15, 0.2) is 134 Å². The smallest absolute Gasteiger partial charge is 0.243 e. The van der Waals surface area contributed by atoms with E-state index in [9.17, 15) is 0 Å². The molecule has 0 bridgehead atoms. The monoisotopic (exact) mass is 621 g/mol. The van der Waals surface area contributed by atoms with E-state index >= 15 is 0 Å². The fraction of sp³-hybridized carbons (Fsp3) is 0.136. The van der Waals surface area contributed by atoms with Crippen molar-refractivity contribution in [2.45, 2.75) is 41.5 Å². The molecule has 1 aromatic heterocycles. The number of aromatic nitrogens is 2. The average molecular weight is 622 g/mol. The van der Waals surface area contributed by atoms with E-state index in [1.54, 1.807) is 6.33 Å². The Hall–Kier alpha value is -5.48. The minimum Gasteiger partial charge on any atom is -0.294 e. The SMILES string of the molecule is Cc1cc(C)c(B(c2c(C)cc(C)cc2C)c2ccc(N(c3ccncn3)c3ccccc3-c3ccccc3)c3ccccc23)c(C)c1. The molecule has 0 amide bonds. The molecule has 3 nitrogen and oxygen atoms in total. The molecule has 4 heteroatoms. The van der Waals surface area contributed by atoms with Crippen molar-refractivity contribution in [2.75, 3.05) is 4.90 Å². The Labute approximate surface area is 285 Å². The lowest BCUT2D eigenvalue weighted by Crippen LogP contribution is -2.56. The lowest BCUT2D eigenvalue weighted by molar-refractivity contribution is 1.11. The Morgan fingerprint density at radius 3 is 1.69 bits per heavy atom. The number of nitrogens with zero attached hydrogens (tertiary/aromatic N) is 3. The number of para-hydroxylation sites is 1. The first-order valence-electron chi connectivity index (χ1n) is 16.7. The van der Waals surface area contributed by atoms with E-state index in [4.69, 9.17) is 4.98 Å². The van der Waals surface area contributed by atoms with Crippen LogP contribution < -0.4 is 21.3 Å². The van der Waals surface area contributed by atoms with Crippen LogP contribution in [0.1, 0.15) is 33.4 Å². The van der Waals surface area contributed by atoms with E-state index in [2.05, 4.69) is 167 Å². The Morgan fingerprint density at radius 2 is 1.08 bits per heavy atom. The molecule has 0 spiro atoms. The molecular weight excluding hydrogens is 581 g/mol. The molecule has 1 heterocycles. The number of rotatable bonds is 7. The molecule has 6 aromatic carbocycles. The topological polar surface area (TPSA) is 29.0 Å². The van der Waals surface area contributed by atoms with Crippen LogP contribution in [0, 0.1) is 41.5 Å². The maximum absolute atomic E-state index is 4.80. The van der Waals surface area contributed by atoms with Crippen LogP contribution in [0.4, 0.5) is 17.2 Å². The van der Waals surface area contributed by atoms with Crippen LogP contribution in [0.25, 0.3) is 21.9 Å². The average Bonchev–Trinajstić information content (AvgIpc) is 3.08. The molecule has 0 radical (unpaired) electrons. The zero-order valence-electron chi connectivity index (χ0n) is 28.6. The van der Waals surface area contributed by atoms with Gasteiger partial charge < -0.3 is 0 Å². The molecule has 0 fully saturated rings. The Morgan fingerprint density at radius 1 is 0.521 bits per heavy atom. The molecule has 0 saturated heterocycles. The van der Waals surface area contributed by atoms with Gasteiger partial charge in [-0.1, -0.05) is 153 Å². The first kappa shape index (κ1) is 31.1. The van der Waals surface area contributed by atoms with Crippen molar-refractivity contribution in [1.29, 1.82) is 0 Å². The number of anilines is 3. The highest BCUT2D eigenvalue weighted by atomic mass is 15.2. The molecule has 7 rings (SSSR count). The number of hydrogen-bond acceptors (Lipinski definition) is 3. The van der Waals surface area contributed by atoms with E-state index in [0.717, 1.165) is 28.3 Å². The van der Waals surface area contributed by atoms with Crippen molar-refractivity contribution in [1.82, 2.24) is 9.97 Å². The number of fused-ring (bicyclic) bond motifs is 1. The largest absolute Gasteiger partial charge is 0.294 e. The quantitative estimate of drug-likeness (QED) is 0.166. The van der Waals surface area contributed by atoms with Gasteiger partial charge in [0.05, 0.1) is 11.4 Å². The van der Waals surface area contributed by atoms with Gasteiger partial charge in [-0.15, -0.1) is 0 Å². The lowest BCUT2D eigenvalue weighted by Gasteiger charge is -2.30. The first-order chi connectivity index (χ1) is 23.3. The van der Waals surface area contributed by atoms with Crippen molar-refractivity contribution in [3.05, 3.63) is 167 Å². The number of benzene rings is 6. The van der Waals surface area contributed by atoms with Gasteiger partial charge in [0.25, 0.3) is 0 Å². The van der Waals surface area contributed by atoms with Gasteiger partial charge in [0, 0.05) is 17.1 Å². The zero-order chi connectivity index (χ0) is 33.4. The summed E-state index contributed by atoms with van der Waals surface area (Å²) in [5.74, 6) is 0.818. The summed E-state index contributed by atoms with van der Waals surface area (Å²) >= 11 is 0. The fourth-order valence-electron chi connectivity index (χ4n) is 7.82. The summed E-state index contributed by atoms with van der Waals surface area (Å²) in [5.41, 5.74) is 16.4. The van der Waals surface area contributed by atoms with E-state index in [1.807, 2.05) is 12.3 Å². The van der Waals surface area contributed by atoms with Gasteiger partial charge in [0.15, 0.2) is 0 Å². The molecule has 0 aliphatic heterocycles. The van der Waals surface area contributed by atoms with Crippen LogP contribution in [0.5, 0.6) is 0 Å². The van der Waals surface area contributed by atoms with Crippen molar-refractivity contribution in [3.63, 3.8) is 0 Å². The van der Waals surface area contributed by atoms with Crippen LogP contribution >= 0.6 is 0 Å². The van der Waals surface area contributed by atoms with Gasteiger partial charge in [-0.25, -0.2) is 9.97 Å². The first-order valence-corrected chi connectivity index (χ1v) is 16.7. The second-order valence-corrected chi connectivity index (χ2v) is 13.1. The Bertz CT molecular complexity index is 2160. The summed E-state index contributed by atoms with van der Waals surface area (Å²) in [5, 5.41) is 2.40. The third kappa shape index (κ3) is 5.69. The molecule has 0 atom stereocenters. The van der Waals surface area contributed by atoms with Crippen molar-refractivity contribution < 1.29 is 0 Å². The van der Waals surface area contributed by atoms with Gasteiger partial charge in [-0.2, -0.15) is 0 Å². The molecule has 48 heavy (non-hydrogen) atoms. The van der Waals surface area contributed by atoms with Crippen LogP contribution in [-0.2, 0) is 0 Å². The van der Waals surface area contributed by atoms with Gasteiger partial charge in [-0.05, 0) is 70.7 Å². The maximum Gasteiger partial charge on any atom is 0.243 e. The molecule has 0 aliphatic rings. The van der Waals surface area contributed by atoms with Gasteiger partial charge in [-0.3, -0.25) is 4.90 Å². The highest BCUT2D eigenvalue weighted by Gasteiger charge is 2.31. The highest BCUT2D eigenvalue weighted by Crippen LogP contribution is 2.42. The molecule has 0 saturated carbocycles. The summed E-state index contributed by atoms with van der Waals surface area (Å²) in [7, 11) is 0. The second kappa shape index (κ2) is 13.0. The lowest BCUT2D eigenvalue weighted by atomic mass is 9.33. The van der Waals surface area contributed by atoms with Gasteiger partial charge in [0.1, 0.15) is 12.1 Å². The zero-order valence-corrected chi connectivity index (χ0v) is 28.6. The predicted octanol–water partition coefficient (Wildman–Crippen LogP) is 9.13. The summed E-state index contributed by atoms with van der Waals surface area (Å²) in [6, 6.07) is 44.0. The van der Waals surface area contributed by atoms with Gasteiger partial charge in [0.2, 0.25) is 6.71 Å². The minimum absolute atomic E-state index is 0.0641. The van der Waals surface area contributed by atoms with Crippen LogP contribution in [0.3, 0.4) is 0 Å². The summed E-state index contributed by atoms with van der Waals surface area (Å²) < 4.78 is 0. The van der Waals surface area contributed by atoms with Crippen LogP contribution in [0.2, 0.25) is 0 Å². The normalized spacial score (nSPS) is 11.1. The summed E-state index contributed by atoms with van der Waals surface area (Å²) in [6.07, 6.45) is 3.45. The Kier molecular flexibility index (Phi) is 8.41. The second-order valence-electron chi connectivity index (χ2n) is 13.1. The number of aryl methyl sites for hydroxylation is 6. The van der Waals surface area contributed by atoms with E-state index in [1.165, 1.54) is 60.5 Å². The molecule has 0 N–H and O–H groups in total. The van der Waals surface area contributed by atoms with E-state index < -0.39 is 0 Å². The molecule has 7 aromatic rings. The third-order valence-electron chi connectivity index (χ3n) is 9.57. The molecule has 0 aliphatic carbocycles. The van der Waals surface area contributed by atoms with Crippen molar-refractivity contribution in [3.8, 4) is 11.1 Å². The van der Waals surface area contributed by atoms with Crippen molar-refractivity contribution >= 4 is 51.1 Å². The third-order valence-corrected chi connectivity index (χ3v) is 9.57. The van der Waals surface area contributed by atoms with Crippen LogP contribution in [-0.4, -0.2) is 16.7 Å². The van der Waals surface area contributed by atoms with Crippen molar-refractivity contribution in [2.24, 2.45) is 0 Å². The molecule has 0 unspecified atom stereocenters. The van der Waals surface area contributed by atoms with Gasteiger partial charge >= 0.3 is 0 Å².